The number of benzene rings is 2. The molecule has 122 valence electrons. The van der Waals surface area contributed by atoms with Crippen molar-refractivity contribution in [1.82, 2.24) is 4.98 Å². The molecule has 0 aliphatic rings. The van der Waals surface area contributed by atoms with Crippen LogP contribution in [0.25, 0.3) is 11.1 Å². The van der Waals surface area contributed by atoms with Gasteiger partial charge in [-0.2, -0.15) is 5.26 Å². The summed E-state index contributed by atoms with van der Waals surface area (Å²) >= 11 is 0. The molecule has 2 heteroatoms. The number of nitriles is 1. The Morgan fingerprint density at radius 2 is 1.42 bits per heavy atom. The summed E-state index contributed by atoms with van der Waals surface area (Å²) in [5.74, 6) is 0. The van der Waals surface area contributed by atoms with Crippen LogP contribution in [0.3, 0.4) is 0 Å². The van der Waals surface area contributed by atoms with E-state index in [4.69, 9.17) is 5.26 Å². The van der Waals surface area contributed by atoms with Crippen molar-refractivity contribution in [1.29, 1.82) is 5.26 Å². The molecule has 0 spiro atoms. The Balaban J connectivity index is 0.000000355. The van der Waals surface area contributed by atoms with E-state index in [1.54, 1.807) is 0 Å². The fraction of sp³-hybridized carbons (Fsp3) is 0.227. The molecule has 1 N–H and O–H groups in total. The van der Waals surface area contributed by atoms with Gasteiger partial charge < -0.3 is 4.98 Å². The van der Waals surface area contributed by atoms with Crippen LogP contribution in [0.5, 0.6) is 0 Å². The van der Waals surface area contributed by atoms with Crippen molar-refractivity contribution in [2.24, 2.45) is 0 Å². The zero-order valence-corrected chi connectivity index (χ0v) is 14.2. The van der Waals surface area contributed by atoms with Gasteiger partial charge in [-0.05, 0) is 53.8 Å². The maximum absolute atomic E-state index is 8.79. The van der Waals surface area contributed by atoms with Crippen LogP contribution in [0.4, 0.5) is 0 Å². The molecule has 0 saturated heterocycles. The summed E-state index contributed by atoms with van der Waals surface area (Å²) in [5, 5.41) is 8.79. The normalized spacial score (nSPS) is 9.67. The minimum Gasteiger partial charge on any atom is -0.368 e. The minimum absolute atomic E-state index is 0.708. The lowest BCUT2D eigenvalue weighted by Gasteiger charge is -2.04. The fourth-order valence-corrected chi connectivity index (χ4v) is 2.46. The average Bonchev–Trinajstić information content (AvgIpc) is 3.23. The highest BCUT2D eigenvalue weighted by atomic mass is 14.6. The first kappa shape index (κ1) is 17.6. The number of nitrogens with one attached hydrogen (secondary N) is 1. The van der Waals surface area contributed by atoms with Crippen molar-refractivity contribution in [3.05, 3.63) is 84.2 Å². The summed E-state index contributed by atoms with van der Waals surface area (Å²) in [6.07, 6.45) is 8.76. The van der Waals surface area contributed by atoms with Gasteiger partial charge in [0, 0.05) is 12.4 Å². The molecule has 1 heterocycles. The van der Waals surface area contributed by atoms with Gasteiger partial charge in [0.2, 0.25) is 0 Å². The number of hydrogen-bond acceptors (Lipinski definition) is 1. The van der Waals surface area contributed by atoms with Gasteiger partial charge in [0.05, 0.1) is 11.6 Å². The van der Waals surface area contributed by atoms with Gasteiger partial charge in [-0.25, -0.2) is 0 Å². The highest BCUT2D eigenvalue weighted by molar-refractivity contribution is 5.64. The number of nitrogens with zero attached hydrogens (tertiary/aromatic N) is 1. The zero-order chi connectivity index (χ0) is 17.0. The van der Waals surface area contributed by atoms with Gasteiger partial charge in [-0.1, -0.05) is 56.2 Å². The molecule has 0 aliphatic heterocycles. The van der Waals surface area contributed by atoms with Crippen LogP contribution < -0.4 is 0 Å². The lowest BCUT2D eigenvalue weighted by Crippen LogP contribution is -1.86. The molecule has 3 aromatic rings. The van der Waals surface area contributed by atoms with Crippen molar-refractivity contribution in [2.75, 3.05) is 0 Å². The van der Waals surface area contributed by atoms with Gasteiger partial charge in [-0.3, -0.25) is 0 Å². The lowest BCUT2D eigenvalue weighted by atomic mass is 10.0. The summed E-state index contributed by atoms with van der Waals surface area (Å²) in [6.45, 7) is 2.23. The van der Waals surface area contributed by atoms with Crippen LogP contribution in [0, 0.1) is 11.3 Å². The second kappa shape index (κ2) is 10.1. The van der Waals surface area contributed by atoms with Crippen LogP contribution >= 0.6 is 0 Å². The summed E-state index contributed by atoms with van der Waals surface area (Å²) in [5.41, 5.74) is 4.49. The molecule has 0 saturated carbocycles. The number of aromatic nitrogens is 1. The third kappa shape index (κ3) is 5.78. The third-order valence-electron chi connectivity index (χ3n) is 3.87. The van der Waals surface area contributed by atoms with E-state index in [2.05, 4.69) is 42.2 Å². The van der Waals surface area contributed by atoms with E-state index in [0.717, 1.165) is 0 Å². The Kier molecular flexibility index (Phi) is 7.37. The summed E-state index contributed by atoms with van der Waals surface area (Å²) in [7, 11) is 0. The topological polar surface area (TPSA) is 39.6 Å². The third-order valence-corrected chi connectivity index (χ3v) is 3.87. The number of rotatable bonds is 5. The molecule has 0 radical (unpaired) electrons. The summed E-state index contributed by atoms with van der Waals surface area (Å²) in [4.78, 5) is 2.86. The number of aromatic amines is 1. The Labute approximate surface area is 144 Å². The standard InChI is InChI=1S/C18H19N.C4H5N/c1-2-3-4-5-15-6-10-17(11-7-15)18-12-8-16(14-19)9-13-18;1-2-4-5-3-1/h6-13H,2-5H2,1H3;1-5H. The highest BCUT2D eigenvalue weighted by Gasteiger charge is 1.99. The Hall–Kier alpha value is -2.79. The van der Waals surface area contributed by atoms with Crippen molar-refractivity contribution < 1.29 is 0 Å². The van der Waals surface area contributed by atoms with Crippen LogP contribution in [-0.2, 0) is 6.42 Å². The SMILES string of the molecule is CCCCCc1ccc(-c2ccc(C#N)cc2)cc1.c1cc[nH]c1. The van der Waals surface area contributed by atoms with Crippen LogP contribution in [0.1, 0.15) is 37.3 Å². The molecule has 2 nitrogen and oxygen atoms in total. The van der Waals surface area contributed by atoms with Crippen molar-refractivity contribution in [3.8, 4) is 17.2 Å². The second-order valence-electron chi connectivity index (χ2n) is 5.73. The average molecular weight is 316 g/mol. The van der Waals surface area contributed by atoms with E-state index >= 15 is 0 Å². The number of aryl methyl sites for hydroxylation is 1. The predicted octanol–water partition coefficient (Wildman–Crippen LogP) is 5.97. The number of hydrogen-bond donors (Lipinski definition) is 1. The molecule has 3 rings (SSSR count). The van der Waals surface area contributed by atoms with E-state index in [9.17, 15) is 0 Å². The lowest BCUT2D eigenvalue weighted by molar-refractivity contribution is 0.717. The van der Waals surface area contributed by atoms with Gasteiger partial charge in [0.1, 0.15) is 0 Å². The van der Waals surface area contributed by atoms with Gasteiger partial charge in [0.25, 0.3) is 0 Å². The monoisotopic (exact) mass is 316 g/mol. The quantitative estimate of drug-likeness (QED) is 0.578. The molecule has 0 atom stereocenters. The molecule has 24 heavy (non-hydrogen) atoms. The smallest absolute Gasteiger partial charge is 0.0991 e. The Morgan fingerprint density at radius 1 is 0.833 bits per heavy atom. The minimum atomic E-state index is 0.708. The van der Waals surface area contributed by atoms with Gasteiger partial charge in [-0.15, -0.1) is 0 Å². The highest BCUT2D eigenvalue weighted by Crippen LogP contribution is 2.20. The van der Waals surface area contributed by atoms with Crippen molar-refractivity contribution in [2.45, 2.75) is 32.6 Å². The van der Waals surface area contributed by atoms with E-state index < -0.39 is 0 Å². The Morgan fingerprint density at radius 3 is 1.88 bits per heavy atom. The summed E-state index contributed by atoms with van der Waals surface area (Å²) < 4.78 is 0. The first-order valence-corrected chi connectivity index (χ1v) is 8.50. The van der Waals surface area contributed by atoms with Crippen molar-refractivity contribution >= 4 is 0 Å². The summed E-state index contributed by atoms with van der Waals surface area (Å²) in [6, 6.07) is 22.5. The van der Waals surface area contributed by atoms with Gasteiger partial charge in [0.15, 0.2) is 0 Å². The maximum Gasteiger partial charge on any atom is 0.0991 e. The molecule has 0 aliphatic carbocycles. The molecule has 2 aromatic carbocycles. The molecular formula is C22H24N2. The van der Waals surface area contributed by atoms with E-state index in [-0.39, 0.29) is 0 Å². The van der Waals surface area contributed by atoms with Gasteiger partial charge >= 0.3 is 0 Å². The second-order valence-corrected chi connectivity index (χ2v) is 5.73. The van der Waals surface area contributed by atoms with Crippen molar-refractivity contribution in [3.63, 3.8) is 0 Å². The zero-order valence-electron chi connectivity index (χ0n) is 14.2. The van der Waals surface area contributed by atoms with E-state index in [1.807, 2.05) is 48.8 Å². The molecular weight excluding hydrogens is 292 g/mol. The van der Waals surface area contributed by atoms with Crippen LogP contribution in [0.15, 0.2) is 73.1 Å². The largest absolute Gasteiger partial charge is 0.368 e. The molecule has 1 aromatic heterocycles. The van der Waals surface area contributed by atoms with Crippen LogP contribution in [0.2, 0.25) is 0 Å². The molecule has 0 amide bonds. The number of H-pyrrole nitrogens is 1. The first-order chi connectivity index (χ1) is 11.8. The van der Waals surface area contributed by atoms with E-state index in [0.29, 0.717) is 5.56 Å². The van der Waals surface area contributed by atoms with E-state index in [1.165, 1.54) is 42.4 Å². The Bertz CT molecular complexity index is 700. The predicted molar refractivity (Wildman–Crippen MR) is 101 cm³/mol. The molecule has 0 bridgehead atoms. The first-order valence-electron chi connectivity index (χ1n) is 8.50. The number of unbranched alkanes of at least 4 members (excludes halogenated alkanes) is 2. The molecule has 0 unspecified atom stereocenters. The van der Waals surface area contributed by atoms with Crippen LogP contribution in [-0.4, -0.2) is 4.98 Å². The fourth-order valence-electron chi connectivity index (χ4n) is 2.46. The maximum atomic E-state index is 8.79. The molecule has 0 fully saturated rings.